The van der Waals surface area contributed by atoms with Gasteiger partial charge in [0.2, 0.25) is 0 Å². The molecule has 1 atom stereocenters. The monoisotopic (exact) mass is 245 g/mol. The van der Waals surface area contributed by atoms with Crippen molar-refractivity contribution in [3.8, 4) is 5.75 Å². The lowest BCUT2D eigenvalue weighted by Crippen LogP contribution is -2.38. The Labute approximate surface area is 110 Å². The highest BCUT2D eigenvalue weighted by molar-refractivity contribution is 5.48. The number of hydrogen-bond donors (Lipinski definition) is 1. The third kappa shape index (κ3) is 1.93. The van der Waals surface area contributed by atoms with Crippen molar-refractivity contribution in [2.75, 3.05) is 13.2 Å². The fourth-order valence-corrected chi connectivity index (χ4v) is 3.61. The number of rotatable bonds is 3. The molecule has 0 bridgehead atoms. The molecule has 2 heterocycles. The third-order valence-corrected chi connectivity index (χ3v) is 4.23. The van der Waals surface area contributed by atoms with Crippen LogP contribution in [0.15, 0.2) is 18.2 Å². The van der Waals surface area contributed by atoms with Gasteiger partial charge in [0.05, 0.1) is 6.61 Å². The number of benzene rings is 1. The van der Waals surface area contributed by atoms with Gasteiger partial charge >= 0.3 is 0 Å². The molecular weight excluding hydrogens is 222 g/mol. The van der Waals surface area contributed by atoms with Crippen LogP contribution in [0, 0.1) is 5.92 Å². The Hall–Kier alpha value is -1.02. The van der Waals surface area contributed by atoms with Crippen molar-refractivity contribution < 1.29 is 4.74 Å². The van der Waals surface area contributed by atoms with Crippen LogP contribution in [0.4, 0.5) is 0 Å². The van der Waals surface area contributed by atoms with Crippen LogP contribution in [0.2, 0.25) is 0 Å². The highest BCUT2D eigenvalue weighted by atomic mass is 16.5. The molecule has 0 aliphatic carbocycles. The van der Waals surface area contributed by atoms with Gasteiger partial charge in [-0.1, -0.05) is 32.0 Å². The summed E-state index contributed by atoms with van der Waals surface area (Å²) in [6.45, 7) is 6.61. The average Bonchev–Trinajstić information content (AvgIpc) is 2.96. The fourth-order valence-electron chi connectivity index (χ4n) is 3.61. The number of para-hydroxylation sites is 1. The lowest BCUT2D eigenvalue weighted by atomic mass is 9.80. The lowest BCUT2D eigenvalue weighted by molar-refractivity contribution is 0.288. The van der Waals surface area contributed by atoms with Crippen LogP contribution in [0.3, 0.4) is 0 Å². The predicted octanol–water partition coefficient (Wildman–Crippen LogP) is 3.25. The summed E-state index contributed by atoms with van der Waals surface area (Å²) in [4.78, 5) is 0. The standard InChI is InChI=1S/C16H23NO/c1-12(2)11-16(8-4-9-17-16)14-6-3-5-13-7-10-18-15(13)14/h3,5-6,12,17H,4,7-11H2,1-2H3. The average molecular weight is 245 g/mol. The normalized spacial score (nSPS) is 26.4. The van der Waals surface area contributed by atoms with Gasteiger partial charge in [0.1, 0.15) is 5.75 Å². The maximum Gasteiger partial charge on any atom is 0.127 e. The quantitative estimate of drug-likeness (QED) is 0.882. The second-order valence-electron chi connectivity index (χ2n) is 6.10. The predicted molar refractivity (Wildman–Crippen MR) is 74.0 cm³/mol. The first kappa shape index (κ1) is 12.0. The van der Waals surface area contributed by atoms with Crippen molar-refractivity contribution >= 4 is 0 Å². The van der Waals surface area contributed by atoms with E-state index in [9.17, 15) is 0 Å². The van der Waals surface area contributed by atoms with Gasteiger partial charge in [-0.05, 0) is 37.3 Å². The van der Waals surface area contributed by atoms with Gasteiger partial charge in [-0.2, -0.15) is 0 Å². The minimum atomic E-state index is 0.157. The molecule has 0 spiro atoms. The minimum absolute atomic E-state index is 0.157. The number of hydrogen-bond acceptors (Lipinski definition) is 2. The molecule has 1 saturated heterocycles. The van der Waals surface area contributed by atoms with Crippen molar-refractivity contribution in [1.82, 2.24) is 5.32 Å². The minimum Gasteiger partial charge on any atom is -0.493 e. The second kappa shape index (κ2) is 4.58. The van der Waals surface area contributed by atoms with Crippen molar-refractivity contribution in [3.63, 3.8) is 0 Å². The Kier molecular flexibility index (Phi) is 3.06. The van der Waals surface area contributed by atoms with Gasteiger partial charge < -0.3 is 10.1 Å². The van der Waals surface area contributed by atoms with Crippen molar-refractivity contribution in [2.24, 2.45) is 5.92 Å². The van der Waals surface area contributed by atoms with Gasteiger partial charge in [0.25, 0.3) is 0 Å². The molecule has 2 heteroatoms. The lowest BCUT2D eigenvalue weighted by Gasteiger charge is -2.33. The summed E-state index contributed by atoms with van der Waals surface area (Å²) in [5.74, 6) is 1.88. The molecule has 3 rings (SSSR count). The maximum atomic E-state index is 5.91. The smallest absolute Gasteiger partial charge is 0.127 e. The highest BCUT2D eigenvalue weighted by Crippen LogP contribution is 2.43. The molecule has 2 aliphatic heterocycles. The molecule has 0 amide bonds. The molecule has 1 N–H and O–H groups in total. The van der Waals surface area contributed by atoms with E-state index in [0.29, 0.717) is 5.92 Å². The summed E-state index contributed by atoms with van der Waals surface area (Å²) in [5.41, 5.74) is 2.96. The number of ether oxygens (including phenoxy) is 1. The molecule has 1 unspecified atom stereocenters. The first-order chi connectivity index (χ1) is 8.71. The molecule has 1 aromatic carbocycles. The largest absolute Gasteiger partial charge is 0.493 e. The van der Waals surface area contributed by atoms with Crippen molar-refractivity contribution in [3.05, 3.63) is 29.3 Å². The molecule has 1 aromatic rings. The highest BCUT2D eigenvalue weighted by Gasteiger charge is 2.39. The Morgan fingerprint density at radius 2 is 2.28 bits per heavy atom. The van der Waals surface area contributed by atoms with E-state index in [1.54, 1.807) is 0 Å². The summed E-state index contributed by atoms with van der Waals surface area (Å²) in [7, 11) is 0. The molecule has 2 aliphatic rings. The second-order valence-corrected chi connectivity index (χ2v) is 6.10. The molecule has 0 radical (unpaired) electrons. The van der Waals surface area contributed by atoms with E-state index in [0.717, 1.165) is 19.6 Å². The summed E-state index contributed by atoms with van der Waals surface area (Å²) in [5, 5.41) is 3.77. The summed E-state index contributed by atoms with van der Waals surface area (Å²) in [6, 6.07) is 6.68. The Morgan fingerprint density at radius 1 is 1.39 bits per heavy atom. The molecular formula is C16H23NO. The van der Waals surface area contributed by atoms with Crippen LogP contribution in [-0.2, 0) is 12.0 Å². The fraction of sp³-hybridized carbons (Fsp3) is 0.625. The van der Waals surface area contributed by atoms with Crippen LogP contribution < -0.4 is 10.1 Å². The molecule has 1 fully saturated rings. The van der Waals surface area contributed by atoms with Gasteiger partial charge in [-0.25, -0.2) is 0 Å². The summed E-state index contributed by atoms with van der Waals surface area (Å²) >= 11 is 0. The summed E-state index contributed by atoms with van der Waals surface area (Å²) < 4.78 is 5.91. The zero-order chi connectivity index (χ0) is 12.6. The van der Waals surface area contributed by atoms with E-state index < -0.39 is 0 Å². The molecule has 2 nitrogen and oxygen atoms in total. The number of nitrogens with one attached hydrogen (secondary N) is 1. The van der Waals surface area contributed by atoms with Crippen molar-refractivity contribution in [2.45, 2.75) is 45.1 Å². The van der Waals surface area contributed by atoms with Crippen LogP contribution in [0.5, 0.6) is 5.75 Å². The first-order valence-corrected chi connectivity index (χ1v) is 7.21. The Balaban J connectivity index is 2.03. The van der Waals surface area contributed by atoms with Gasteiger partial charge in [-0.15, -0.1) is 0 Å². The zero-order valence-corrected chi connectivity index (χ0v) is 11.5. The van der Waals surface area contributed by atoms with Crippen LogP contribution >= 0.6 is 0 Å². The van der Waals surface area contributed by atoms with E-state index in [-0.39, 0.29) is 5.54 Å². The topological polar surface area (TPSA) is 21.3 Å². The SMILES string of the molecule is CC(C)CC1(c2cccc3c2OCC3)CCCN1. The van der Waals surface area contributed by atoms with Crippen LogP contribution in [-0.4, -0.2) is 13.2 Å². The van der Waals surface area contributed by atoms with E-state index in [1.165, 1.54) is 36.1 Å². The molecule has 18 heavy (non-hydrogen) atoms. The summed E-state index contributed by atoms with van der Waals surface area (Å²) in [6.07, 6.45) is 4.79. The van der Waals surface area contributed by atoms with E-state index >= 15 is 0 Å². The molecule has 0 saturated carbocycles. The Bertz CT molecular complexity index is 433. The third-order valence-electron chi connectivity index (χ3n) is 4.23. The van der Waals surface area contributed by atoms with E-state index in [4.69, 9.17) is 4.74 Å². The number of fused-ring (bicyclic) bond motifs is 1. The van der Waals surface area contributed by atoms with Gasteiger partial charge in [-0.3, -0.25) is 0 Å². The van der Waals surface area contributed by atoms with E-state index in [2.05, 4.69) is 37.4 Å². The maximum absolute atomic E-state index is 5.91. The zero-order valence-electron chi connectivity index (χ0n) is 11.5. The molecule has 0 aromatic heterocycles. The first-order valence-electron chi connectivity index (χ1n) is 7.21. The van der Waals surface area contributed by atoms with Crippen molar-refractivity contribution in [1.29, 1.82) is 0 Å². The van der Waals surface area contributed by atoms with Crippen LogP contribution in [0.25, 0.3) is 0 Å². The molecule has 98 valence electrons. The Morgan fingerprint density at radius 3 is 3.00 bits per heavy atom. The van der Waals surface area contributed by atoms with Gasteiger partial charge in [0.15, 0.2) is 0 Å². The van der Waals surface area contributed by atoms with Gasteiger partial charge in [0, 0.05) is 17.5 Å². The van der Waals surface area contributed by atoms with Crippen LogP contribution in [0.1, 0.15) is 44.2 Å². The van der Waals surface area contributed by atoms with E-state index in [1.807, 2.05) is 0 Å².